The van der Waals surface area contributed by atoms with Gasteiger partial charge >= 0.3 is 0 Å². The normalized spacial score (nSPS) is 13.2. The Bertz CT molecular complexity index is 376. The molecule has 0 heterocycles. The molecule has 0 aliphatic rings. The summed E-state index contributed by atoms with van der Waals surface area (Å²) in [5.41, 5.74) is 6.27. The third-order valence-electron chi connectivity index (χ3n) is 2.14. The lowest BCUT2D eigenvalue weighted by atomic mass is 10.1. The molecule has 0 aromatic heterocycles. The number of carbonyl (C=O) groups is 1. The molecule has 16 heavy (non-hydrogen) atoms. The molecule has 4 N–H and O–H groups in total. The first-order valence-corrected chi connectivity index (χ1v) is 4.94. The van der Waals surface area contributed by atoms with Crippen molar-refractivity contribution in [2.24, 2.45) is 10.9 Å². The van der Waals surface area contributed by atoms with Gasteiger partial charge in [0, 0.05) is 0 Å². The fourth-order valence-corrected chi connectivity index (χ4v) is 1.23. The van der Waals surface area contributed by atoms with E-state index < -0.39 is 6.04 Å². The first-order chi connectivity index (χ1) is 7.63. The maximum absolute atomic E-state index is 11.5. The van der Waals surface area contributed by atoms with E-state index in [2.05, 4.69) is 10.5 Å². The highest BCUT2D eigenvalue weighted by molar-refractivity contribution is 5.90. The minimum absolute atomic E-state index is 0.0126. The second-order valence-electron chi connectivity index (χ2n) is 3.48. The number of nitrogens with one attached hydrogen (secondary N) is 1. The fourth-order valence-electron chi connectivity index (χ4n) is 1.23. The van der Waals surface area contributed by atoms with Crippen molar-refractivity contribution in [2.45, 2.75) is 19.4 Å². The first-order valence-electron chi connectivity index (χ1n) is 4.94. The van der Waals surface area contributed by atoms with Gasteiger partial charge in [0.1, 0.15) is 0 Å². The number of nitrogens with zero attached hydrogens (tertiary/aromatic N) is 1. The summed E-state index contributed by atoms with van der Waals surface area (Å²) in [6.45, 7) is 1.65. The molecule has 0 radical (unpaired) electrons. The summed E-state index contributed by atoms with van der Waals surface area (Å²) in [5, 5.41) is 13.9. The Hall–Kier alpha value is -2.04. The number of amides is 1. The number of nitrogens with two attached hydrogens (primary N) is 1. The van der Waals surface area contributed by atoms with Crippen molar-refractivity contribution >= 4 is 11.7 Å². The van der Waals surface area contributed by atoms with Gasteiger partial charge in [0.05, 0.1) is 12.5 Å². The largest absolute Gasteiger partial charge is 0.409 e. The molecule has 5 nitrogen and oxygen atoms in total. The summed E-state index contributed by atoms with van der Waals surface area (Å²) < 4.78 is 0. The van der Waals surface area contributed by atoms with Gasteiger partial charge in [-0.25, -0.2) is 0 Å². The predicted octanol–water partition coefficient (Wildman–Crippen LogP) is 0.480. The number of hydrogen-bond acceptors (Lipinski definition) is 3. The maximum atomic E-state index is 11.5. The number of carbonyl (C=O) groups excluding carboxylic acids is 1. The highest BCUT2D eigenvalue weighted by Crippen LogP contribution is 1.99. The van der Waals surface area contributed by atoms with Crippen LogP contribution in [0.15, 0.2) is 35.5 Å². The number of rotatable bonds is 4. The van der Waals surface area contributed by atoms with Crippen molar-refractivity contribution in [1.29, 1.82) is 0 Å². The molecule has 1 amide bonds. The average Bonchev–Trinajstić information content (AvgIpc) is 2.29. The average molecular weight is 221 g/mol. The Morgan fingerprint density at radius 3 is 2.69 bits per heavy atom. The van der Waals surface area contributed by atoms with Crippen molar-refractivity contribution in [3.05, 3.63) is 35.9 Å². The Labute approximate surface area is 94.0 Å². The van der Waals surface area contributed by atoms with Crippen LogP contribution in [-0.2, 0) is 11.2 Å². The van der Waals surface area contributed by atoms with Gasteiger partial charge in [-0.2, -0.15) is 0 Å². The monoisotopic (exact) mass is 221 g/mol. The van der Waals surface area contributed by atoms with E-state index in [1.54, 1.807) is 6.92 Å². The van der Waals surface area contributed by atoms with Gasteiger partial charge < -0.3 is 16.3 Å². The molecular weight excluding hydrogens is 206 g/mol. The summed E-state index contributed by atoms with van der Waals surface area (Å²) in [6, 6.07) is 8.90. The van der Waals surface area contributed by atoms with Gasteiger partial charge in [-0.15, -0.1) is 0 Å². The van der Waals surface area contributed by atoms with Crippen LogP contribution in [-0.4, -0.2) is 23.0 Å². The number of hydrogen-bond donors (Lipinski definition) is 3. The van der Waals surface area contributed by atoms with Gasteiger partial charge in [0.15, 0.2) is 5.84 Å². The molecular formula is C11H15N3O2. The minimum Gasteiger partial charge on any atom is -0.409 e. The Morgan fingerprint density at radius 2 is 2.12 bits per heavy atom. The smallest absolute Gasteiger partial charge is 0.224 e. The number of amidine groups is 1. The summed E-state index contributed by atoms with van der Waals surface area (Å²) in [4.78, 5) is 11.5. The minimum atomic E-state index is -0.471. The van der Waals surface area contributed by atoms with Crippen molar-refractivity contribution in [3.8, 4) is 0 Å². The quantitative estimate of drug-likeness (QED) is 0.299. The molecule has 0 saturated heterocycles. The Morgan fingerprint density at radius 1 is 1.50 bits per heavy atom. The molecule has 86 valence electrons. The summed E-state index contributed by atoms with van der Waals surface area (Å²) in [6.07, 6.45) is 0.282. The lowest BCUT2D eigenvalue weighted by molar-refractivity contribution is -0.120. The molecule has 5 heteroatoms. The van der Waals surface area contributed by atoms with Crippen LogP contribution in [0.5, 0.6) is 0 Å². The molecule has 0 saturated carbocycles. The zero-order valence-electron chi connectivity index (χ0n) is 9.05. The molecule has 1 atom stereocenters. The summed E-state index contributed by atoms with van der Waals surface area (Å²) >= 11 is 0. The standard InChI is InChI=1S/C11H15N3O2/c1-8(11(12)14-16)13-10(15)7-9-5-3-2-4-6-9/h2-6,8,16H,7H2,1H3,(H2,12,14)(H,13,15). The van der Waals surface area contributed by atoms with E-state index in [9.17, 15) is 4.79 Å². The summed E-state index contributed by atoms with van der Waals surface area (Å²) in [5.74, 6) is -0.174. The van der Waals surface area contributed by atoms with Gasteiger partial charge in [-0.1, -0.05) is 35.5 Å². The van der Waals surface area contributed by atoms with E-state index in [0.29, 0.717) is 0 Å². The molecule has 0 fully saturated rings. The first kappa shape index (κ1) is 12.0. The van der Waals surface area contributed by atoms with Crippen LogP contribution in [0.2, 0.25) is 0 Å². The third kappa shape index (κ3) is 3.61. The van der Waals surface area contributed by atoms with Crippen molar-refractivity contribution in [2.75, 3.05) is 0 Å². The van der Waals surface area contributed by atoms with Crippen LogP contribution in [0.3, 0.4) is 0 Å². The maximum Gasteiger partial charge on any atom is 0.224 e. The van der Waals surface area contributed by atoms with Crippen molar-refractivity contribution in [3.63, 3.8) is 0 Å². The van der Waals surface area contributed by atoms with E-state index in [1.165, 1.54) is 0 Å². The second-order valence-corrected chi connectivity index (χ2v) is 3.48. The Balaban J connectivity index is 2.49. The molecule has 1 aromatic carbocycles. The number of benzene rings is 1. The van der Waals surface area contributed by atoms with Gasteiger partial charge in [-0.3, -0.25) is 4.79 Å². The van der Waals surface area contributed by atoms with Gasteiger partial charge in [0.25, 0.3) is 0 Å². The third-order valence-corrected chi connectivity index (χ3v) is 2.14. The van der Waals surface area contributed by atoms with Crippen LogP contribution in [0, 0.1) is 0 Å². The van der Waals surface area contributed by atoms with E-state index in [0.717, 1.165) is 5.56 Å². The predicted molar refractivity (Wildman–Crippen MR) is 61.2 cm³/mol. The SMILES string of the molecule is CC(NC(=O)Cc1ccccc1)/C(N)=N/O. The van der Waals surface area contributed by atoms with Crippen LogP contribution in [0.25, 0.3) is 0 Å². The van der Waals surface area contributed by atoms with E-state index in [4.69, 9.17) is 10.9 Å². The molecule has 0 bridgehead atoms. The Kier molecular flexibility index (Phi) is 4.32. The zero-order chi connectivity index (χ0) is 12.0. The molecule has 0 aliphatic heterocycles. The van der Waals surface area contributed by atoms with E-state index >= 15 is 0 Å². The topological polar surface area (TPSA) is 87.7 Å². The van der Waals surface area contributed by atoms with Gasteiger partial charge in [-0.05, 0) is 12.5 Å². The summed E-state index contributed by atoms with van der Waals surface area (Å²) in [7, 11) is 0. The van der Waals surface area contributed by atoms with Crippen LogP contribution in [0.1, 0.15) is 12.5 Å². The van der Waals surface area contributed by atoms with E-state index in [-0.39, 0.29) is 18.2 Å². The van der Waals surface area contributed by atoms with Crippen LogP contribution in [0.4, 0.5) is 0 Å². The van der Waals surface area contributed by atoms with Crippen molar-refractivity contribution < 1.29 is 10.0 Å². The van der Waals surface area contributed by atoms with E-state index in [1.807, 2.05) is 30.3 Å². The second kappa shape index (κ2) is 5.75. The molecule has 0 spiro atoms. The molecule has 1 rings (SSSR count). The lowest BCUT2D eigenvalue weighted by Crippen LogP contribution is -2.43. The zero-order valence-corrected chi connectivity index (χ0v) is 9.05. The van der Waals surface area contributed by atoms with Gasteiger partial charge in [0.2, 0.25) is 5.91 Å². The van der Waals surface area contributed by atoms with Crippen LogP contribution >= 0.6 is 0 Å². The van der Waals surface area contributed by atoms with Crippen LogP contribution < -0.4 is 11.1 Å². The fraction of sp³-hybridized carbons (Fsp3) is 0.273. The number of oxime groups is 1. The van der Waals surface area contributed by atoms with Crippen molar-refractivity contribution in [1.82, 2.24) is 5.32 Å². The molecule has 0 aliphatic carbocycles. The molecule has 1 unspecified atom stereocenters. The highest BCUT2D eigenvalue weighted by atomic mass is 16.4. The lowest BCUT2D eigenvalue weighted by Gasteiger charge is -2.11. The highest BCUT2D eigenvalue weighted by Gasteiger charge is 2.11. The molecule has 1 aromatic rings.